The SMILES string of the molecule is C=C1/C(=C\C=C2/CCC[C@H](c3ccccc3CCC(C)(C)O)[C@H]2CC)C[C@@H](O)C[C@@H]1O. The molecule has 0 amide bonds. The molecule has 1 aromatic rings. The molecule has 4 atom stereocenters. The Balaban J connectivity index is 1.85. The van der Waals surface area contributed by atoms with E-state index in [4.69, 9.17) is 0 Å². The summed E-state index contributed by atoms with van der Waals surface area (Å²) < 4.78 is 0. The number of hydrogen-bond donors (Lipinski definition) is 3. The Labute approximate surface area is 188 Å². The van der Waals surface area contributed by atoms with Gasteiger partial charge in [-0.1, -0.05) is 55.5 Å². The van der Waals surface area contributed by atoms with Gasteiger partial charge in [-0.25, -0.2) is 0 Å². The molecule has 170 valence electrons. The zero-order valence-electron chi connectivity index (χ0n) is 19.5. The van der Waals surface area contributed by atoms with Crippen LogP contribution in [0, 0.1) is 5.92 Å². The lowest BCUT2D eigenvalue weighted by Gasteiger charge is -2.35. The van der Waals surface area contributed by atoms with E-state index in [0.29, 0.717) is 24.7 Å². The number of allylic oxidation sites excluding steroid dienone is 3. The Kier molecular flexibility index (Phi) is 7.96. The first-order valence-corrected chi connectivity index (χ1v) is 11.9. The second-order valence-electron chi connectivity index (χ2n) is 10.1. The lowest BCUT2D eigenvalue weighted by atomic mass is 9.70. The Morgan fingerprint density at radius 2 is 1.90 bits per heavy atom. The lowest BCUT2D eigenvalue weighted by molar-refractivity contribution is 0.0712. The topological polar surface area (TPSA) is 60.7 Å². The molecule has 0 heterocycles. The second-order valence-corrected chi connectivity index (χ2v) is 10.1. The van der Waals surface area contributed by atoms with Gasteiger partial charge >= 0.3 is 0 Å². The Morgan fingerprint density at radius 3 is 2.61 bits per heavy atom. The minimum absolute atomic E-state index is 0.383. The Bertz CT molecular complexity index is 827. The van der Waals surface area contributed by atoms with Gasteiger partial charge in [-0.2, -0.15) is 0 Å². The van der Waals surface area contributed by atoms with Gasteiger partial charge in [0, 0.05) is 6.42 Å². The third-order valence-electron chi connectivity index (χ3n) is 7.11. The van der Waals surface area contributed by atoms with Gasteiger partial charge in [0.2, 0.25) is 0 Å². The summed E-state index contributed by atoms with van der Waals surface area (Å²) in [6, 6.07) is 8.76. The van der Waals surface area contributed by atoms with Crippen molar-refractivity contribution in [3.63, 3.8) is 0 Å². The highest BCUT2D eigenvalue weighted by Crippen LogP contribution is 2.44. The molecule has 0 bridgehead atoms. The highest BCUT2D eigenvalue weighted by atomic mass is 16.3. The number of benzene rings is 1. The first kappa shape index (κ1) is 24.0. The predicted octanol–water partition coefficient (Wildman–Crippen LogP) is 5.61. The normalized spacial score (nSPS) is 30.2. The van der Waals surface area contributed by atoms with Crippen molar-refractivity contribution in [2.75, 3.05) is 0 Å². The first-order chi connectivity index (χ1) is 14.7. The van der Waals surface area contributed by atoms with E-state index < -0.39 is 17.8 Å². The van der Waals surface area contributed by atoms with Gasteiger partial charge in [0.25, 0.3) is 0 Å². The fourth-order valence-corrected chi connectivity index (χ4v) is 5.33. The van der Waals surface area contributed by atoms with Crippen LogP contribution in [0.5, 0.6) is 0 Å². The molecule has 1 aromatic carbocycles. The fraction of sp³-hybridized carbons (Fsp3) is 0.571. The molecule has 2 fully saturated rings. The zero-order valence-corrected chi connectivity index (χ0v) is 19.5. The van der Waals surface area contributed by atoms with Gasteiger partial charge in [0.1, 0.15) is 0 Å². The van der Waals surface area contributed by atoms with Crippen LogP contribution in [0.25, 0.3) is 0 Å². The summed E-state index contributed by atoms with van der Waals surface area (Å²) in [6.45, 7) is 10.1. The van der Waals surface area contributed by atoms with Crippen LogP contribution < -0.4 is 0 Å². The maximum atomic E-state index is 10.2. The van der Waals surface area contributed by atoms with Gasteiger partial charge in [-0.15, -0.1) is 0 Å². The van der Waals surface area contributed by atoms with Crippen molar-refractivity contribution in [1.82, 2.24) is 0 Å². The van der Waals surface area contributed by atoms with Crippen molar-refractivity contribution in [2.45, 2.75) is 95.9 Å². The largest absolute Gasteiger partial charge is 0.393 e. The summed E-state index contributed by atoms with van der Waals surface area (Å²) in [4.78, 5) is 0. The van der Waals surface area contributed by atoms with Crippen molar-refractivity contribution in [3.8, 4) is 0 Å². The van der Waals surface area contributed by atoms with Gasteiger partial charge in [0.15, 0.2) is 0 Å². The van der Waals surface area contributed by atoms with Gasteiger partial charge in [0.05, 0.1) is 17.8 Å². The molecule has 0 aliphatic heterocycles. The van der Waals surface area contributed by atoms with E-state index in [2.05, 4.69) is 49.9 Å². The molecule has 3 nitrogen and oxygen atoms in total. The molecule has 31 heavy (non-hydrogen) atoms. The van der Waals surface area contributed by atoms with Crippen molar-refractivity contribution >= 4 is 0 Å². The molecule has 0 aromatic heterocycles. The molecule has 3 N–H and O–H groups in total. The number of rotatable bonds is 6. The summed E-state index contributed by atoms with van der Waals surface area (Å²) in [6.07, 6.45) is 10.4. The van der Waals surface area contributed by atoms with Crippen LogP contribution in [-0.2, 0) is 6.42 Å². The van der Waals surface area contributed by atoms with E-state index in [1.54, 1.807) is 0 Å². The predicted molar refractivity (Wildman–Crippen MR) is 128 cm³/mol. The summed E-state index contributed by atoms with van der Waals surface area (Å²) in [5.74, 6) is 0.979. The van der Waals surface area contributed by atoms with E-state index in [9.17, 15) is 15.3 Å². The maximum absolute atomic E-state index is 10.2. The third-order valence-corrected chi connectivity index (χ3v) is 7.11. The highest BCUT2D eigenvalue weighted by Gasteiger charge is 2.30. The van der Waals surface area contributed by atoms with Crippen LogP contribution >= 0.6 is 0 Å². The summed E-state index contributed by atoms with van der Waals surface area (Å²) >= 11 is 0. The van der Waals surface area contributed by atoms with E-state index in [1.165, 1.54) is 29.5 Å². The minimum atomic E-state index is -0.654. The maximum Gasteiger partial charge on any atom is 0.0811 e. The number of aryl methyl sites for hydroxylation is 1. The van der Waals surface area contributed by atoms with E-state index in [0.717, 1.165) is 36.8 Å². The van der Waals surface area contributed by atoms with E-state index in [1.807, 2.05) is 13.8 Å². The lowest BCUT2D eigenvalue weighted by Crippen LogP contribution is -2.27. The number of aliphatic hydroxyl groups is 3. The average molecular weight is 425 g/mol. The van der Waals surface area contributed by atoms with Crippen LogP contribution in [0.3, 0.4) is 0 Å². The van der Waals surface area contributed by atoms with Crippen molar-refractivity contribution in [1.29, 1.82) is 0 Å². The highest BCUT2D eigenvalue weighted by molar-refractivity contribution is 5.39. The molecular formula is C28H40O3. The molecule has 2 aliphatic rings. The quantitative estimate of drug-likeness (QED) is 0.556. The molecule has 0 unspecified atom stereocenters. The molecule has 3 rings (SSSR count). The summed E-state index contributed by atoms with van der Waals surface area (Å²) in [5.41, 5.74) is 5.33. The molecule has 2 aliphatic carbocycles. The molecule has 0 spiro atoms. The Hall–Kier alpha value is -1.68. The molecule has 0 saturated heterocycles. The number of hydrogen-bond acceptors (Lipinski definition) is 3. The van der Waals surface area contributed by atoms with Crippen LogP contribution in [0.15, 0.2) is 59.7 Å². The average Bonchev–Trinajstić information content (AvgIpc) is 2.73. The molecule has 2 saturated carbocycles. The van der Waals surface area contributed by atoms with E-state index >= 15 is 0 Å². The van der Waals surface area contributed by atoms with Crippen LogP contribution in [0.1, 0.15) is 82.8 Å². The number of aliphatic hydroxyl groups excluding tert-OH is 2. The van der Waals surface area contributed by atoms with Crippen molar-refractivity contribution in [3.05, 3.63) is 70.8 Å². The van der Waals surface area contributed by atoms with E-state index in [-0.39, 0.29) is 0 Å². The smallest absolute Gasteiger partial charge is 0.0811 e. The summed E-state index contributed by atoms with van der Waals surface area (Å²) in [7, 11) is 0. The molecule has 3 heteroatoms. The summed E-state index contributed by atoms with van der Waals surface area (Å²) in [5, 5.41) is 30.4. The van der Waals surface area contributed by atoms with Crippen LogP contribution in [0.2, 0.25) is 0 Å². The van der Waals surface area contributed by atoms with Crippen LogP contribution in [0.4, 0.5) is 0 Å². The first-order valence-electron chi connectivity index (χ1n) is 11.9. The van der Waals surface area contributed by atoms with Gasteiger partial charge in [-0.3, -0.25) is 0 Å². The Morgan fingerprint density at radius 1 is 1.16 bits per heavy atom. The van der Waals surface area contributed by atoms with Crippen LogP contribution in [-0.4, -0.2) is 33.1 Å². The molecular weight excluding hydrogens is 384 g/mol. The standard InChI is InChI=1S/C28H40O3/c1-5-24-20(13-14-22-17-23(29)18-27(30)19(22)2)10-8-12-26(24)25-11-7-6-9-21(25)15-16-28(3,4)31/h6-7,9,11,13-14,23-24,26-27,29-31H,2,5,8,10,12,15-18H2,1,3-4H3/b20-13+,22-14-/t23-,24+,26+,27+/m1/s1. The monoisotopic (exact) mass is 424 g/mol. The van der Waals surface area contributed by atoms with Crippen molar-refractivity contribution in [2.24, 2.45) is 5.92 Å². The fourth-order valence-electron chi connectivity index (χ4n) is 5.33. The molecule has 0 radical (unpaired) electrons. The van der Waals surface area contributed by atoms with Crippen molar-refractivity contribution < 1.29 is 15.3 Å². The minimum Gasteiger partial charge on any atom is -0.393 e. The third kappa shape index (κ3) is 6.19. The van der Waals surface area contributed by atoms with Gasteiger partial charge < -0.3 is 15.3 Å². The van der Waals surface area contributed by atoms with Gasteiger partial charge in [-0.05, 0) is 92.9 Å². The second kappa shape index (κ2) is 10.3. The zero-order chi connectivity index (χ0) is 22.6.